The second kappa shape index (κ2) is 5.05. The largest absolute Gasteiger partial charge is 0.493 e. The second-order valence-corrected chi connectivity index (χ2v) is 6.82. The van der Waals surface area contributed by atoms with Crippen LogP contribution in [0.2, 0.25) is 0 Å². The average molecular weight is 275 g/mol. The van der Waals surface area contributed by atoms with Crippen molar-refractivity contribution in [3.8, 4) is 5.75 Å². The van der Waals surface area contributed by atoms with Gasteiger partial charge < -0.3 is 15.2 Å². The first-order valence-corrected chi connectivity index (χ1v) is 7.65. The Hall–Kier alpha value is -1.06. The maximum atomic E-state index is 6.20. The van der Waals surface area contributed by atoms with E-state index in [0.717, 1.165) is 38.0 Å². The van der Waals surface area contributed by atoms with E-state index in [0.29, 0.717) is 12.6 Å². The molecule has 3 rings (SSSR count). The van der Waals surface area contributed by atoms with E-state index in [1.807, 2.05) is 6.07 Å². The highest BCUT2D eigenvalue weighted by atomic mass is 16.5. The van der Waals surface area contributed by atoms with E-state index in [-0.39, 0.29) is 11.0 Å². The van der Waals surface area contributed by atoms with E-state index < -0.39 is 0 Å². The summed E-state index contributed by atoms with van der Waals surface area (Å²) in [7, 11) is 0. The molecule has 1 fully saturated rings. The molecule has 20 heavy (non-hydrogen) atoms. The van der Waals surface area contributed by atoms with Crippen molar-refractivity contribution in [2.24, 2.45) is 5.73 Å². The molecule has 1 aromatic rings. The molecule has 3 nitrogen and oxygen atoms in total. The third-order valence-electron chi connectivity index (χ3n) is 4.86. The zero-order chi connectivity index (χ0) is 14.2. The SMILES string of the molecule is CC1(C)CCC(CC2(CN)CCOc3ccccc32)O1. The Labute approximate surface area is 121 Å². The lowest BCUT2D eigenvalue weighted by molar-refractivity contribution is -0.0297. The van der Waals surface area contributed by atoms with E-state index in [1.54, 1.807) is 0 Å². The molecule has 0 aliphatic carbocycles. The topological polar surface area (TPSA) is 44.5 Å². The van der Waals surface area contributed by atoms with Crippen LogP contribution in [0.5, 0.6) is 5.75 Å². The lowest BCUT2D eigenvalue weighted by Gasteiger charge is -2.39. The molecular weight excluding hydrogens is 250 g/mol. The fourth-order valence-corrected chi connectivity index (χ4v) is 3.69. The Balaban J connectivity index is 1.86. The van der Waals surface area contributed by atoms with Crippen molar-refractivity contribution in [2.45, 2.75) is 56.7 Å². The lowest BCUT2D eigenvalue weighted by atomic mass is 9.72. The summed E-state index contributed by atoms with van der Waals surface area (Å²) in [4.78, 5) is 0. The number of fused-ring (bicyclic) bond motifs is 1. The van der Waals surface area contributed by atoms with Gasteiger partial charge in [0, 0.05) is 17.5 Å². The Morgan fingerprint density at radius 2 is 2.05 bits per heavy atom. The van der Waals surface area contributed by atoms with Gasteiger partial charge in [0.15, 0.2) is 0 Å². The van der Waals surface area contributed by atoms with Crippen LogP contribution >= 0.6 is 0 Å². The highest BCUT2D eigenvalue weighted by molar-refractivity contribution is 5.42. The molecule has 0 amide bonds. The lowest BCUT2D eigenvalue weighted by Crippen LogP contribution is -2.42. The van der Waals surface area contributed by atoms with Crippen LogP contribution in [0.4, 0.5) is 0 Å². The molecule has 2 aliphatic heterocycles. The minimum atomic E-state index is 0.0138. The molecule has 0 aromatic heterocycles. The molecule has 2 unspecified atom stereocenters. The molecule has 3 heteroatoms. The first-order chi connectivity index (χ1) is 9.55. The van der Waals surface area contributed by atoms with Gasteiger partial charge in [-0.1, -0.05) is 18.2 Å². The summed E-state index contributed by atoms with van der Waals surface area (Å²) in [6.45, 7) is 5.78. The maximum absolute atomic E-state index is 6.20. The van der Waals surface area contributed by atoms with Crippen LogP contribution in [-0.4, -0.2) is 24.9 Å². The van der Waals surface area contributed by atoms with Gasteiger partial charge in [-0.05, 0) is 45.6 Å². The predicted octanol–water partition coefficient (Wildman–Crippen LogP) is 3.01. The third kappa shape index (κ3) is 2.45. The van der Waals surface area contributed by atoms with Crippen LogP contribution in [0.15, 0.2) is 24.3 Å². The highest BCUT2D eigenvalue weighted by Gasteiger charge is 2.42. The Bertz CT molecular complexity index is 486. The van der Waals surface area contributed by atoms with Gasteiger partial charge in [-0.3, -0.25) is 0 Å². The molecule has 1 aromatic carbocycles. The summed E-state index contributed by atoms with van der Waals surface area (Å²) < 4.78 is 12.0. The smallest absolute Gasteiger partial charge is 0.123 e. The number of hydrogen-bond acceptors (Lipinski definition) is 3. The van der Waals surface area contributed by atoms with E-state index in [4.69, 9.17) is 15.2 Å². The summed E-state index contributed by atoms with van der Waals surface area (Å²) in [5, 5.41) is 0. The van der Waals surface area contributed by atoms with Gasteiger partial charge in [0.25, 0.3) is 0 Å². The minimum absolute atomic E-state index is 0.0138. The van der Waals surface area contributed by atoms with E-state index in [9.17, 15) is 0 Å². The van der Waals surface area contributed by atoms with Gasteiger partial charge in [-0.2, -0.15) is 0 Å². The molecule has 0 radical (unpaired) electrons. The fraction of sp³-hybridized carbons (Fsp3) is 0.647. The van der Waals surface area contributed by atoms with Crippen molar-refractivity contribution >= 4 is 0 Å². The van der Waals surface area contributed by atoms with Crippen LogP contribution in [0, 0.1) is 0 Å². The minimum Gasteiger partial charge on any atom is -0.493 e. The quantitative estimate of drug-likeness (QED) is 0.922. The van der Waals surface area contributed by atoms with Gasteiger partial charge in [-0.25, -0.2) is 0 Å². The molecule has 0 bridgehead atoms. The summed E-state index contributed by atoms with van der Waals surface area (Å²) in [5.74, 6) is 1.00. The van der Waals surface area contributed by atoms with E-state index in [2.05, 4.69) is 32.0 Å². The Morgan fingerprint density at radius 3 is 2.75 bits per heavy atom. The van der Waals surface area contributed by atoms with Crippen molar-refractivity contribution in [3.63, 3.8) is 0 Å². The molecule has 2 aliphatic rings. The van der Waals surface area contributed by atoms with Gasteiger partial charge in [-0.15, -0.1) is 0 Å². The van der Waals surface area contributed by atoms with Crippen LogP contribution in [0.3, 0.4) is 0 Å². The van der Waals surface area contributed by atoms with Crippen molar-refractivity contribution < 1.29 is 9.47 Å². The van der Waals surface area contributed by atoms with Crippen LogP contribution in [-0.2, 0) is 10.2 Å². The monoisotopic (exact) mass is 275 g/mol. The van der Waals surface area contributed by atoms with Gasteiger partial charge in [0.1, 0.15) is 5.75 Å². The molecule has 1 saturated heterocycles. The highest BCUT2D eigenvalue weighted by Crippen LogP contribution is 2.44. The molecule has 2 heterocycles. The second-order valence-electron chi connectivity index (χ2n) is 6.82. The number of rotatable bonds is 3. The number of hydrogen-bond donors (Lipinski definition) is 1. The number of benzene rings is 1. The summed E-state index contributed by atoms with van der Waals surface area (Å²) in [6, 6.07) is 8.33. The molecule has 2 atom stereocenters. The van der Waals surface area contributed by atoms with E-state index in [1.165, 1.54) is 5.56 Å². The first-order valence-electron chi connectivity index (χ1n) is 7.65. The molecular formula is C17H25NO2. The third-order valence-corrected chi connectivity index (χ3v) is 4.86. The van der Waals surface area contributed by atoms with Crippen LogP contribution in [0.1, 0.15) is 45.1 Å². The standard InChI is InChI=1S/C17H25NO2/c1-16(2)8-7-13(20-16)11-17(12-18)9-10-19-15-6-4-3-5-14(15)17/h3-6,13H,7-12,18H2,1-2H3. The fourth-order valence-electron chi connectivity index (χ4n) is 3.69. The van der Waals surface area contributed by atoms with Crippen molar-refractivity contribution in [1.82, 2.24) is 0 Å². The van der Waals surface area contributed by atoms with Gasteiger partial charge >= 0.3 is 0 Å². The van der Waals surface area contributed by atoms with Crippen molar-refractivity contribution in [3.05, 3.63) is 29.8 Å². The molecule has 110 valence electrons. The molecule has 0 spiro atoms. The van der Waals surface area contributed by atoms with Crippen LogP contribution < -0.4 is 10.5 Å². The normalized spacial score (nSPS) is 31.6. The maximum Gasteiger partial charge on any atom is 0.123 e. The summed E-state index contributed by atoms with van der Waals surface area (Å²) in [5.41, 5.74) is 7.49. The predicted molar refractivity (Wildman–Crippen MR) is 80.1 cm³/mol. The Kier molecular flexibility index (Phi) is 3.51. The Morgan fingerprint density at radius 1 is 1.25 bits per heavy atom. The van der Waals surface area contributed by atoms with Crippen molar-refractivity contribution in [1.29, 1.82) is 0 Å². The van der Waals surface area contributed by atoms with E-state index >= 15 is 0 Å². The first kappa shape index (κ1) is 13.9. The van der Waals surface area contributed by atoms with Gasteiger partial charge in [0.05, 0.1) is 18.3 Å². The van der Waals surface area contributed by atoms with Crippen molar-refractivity contribution in [2.75, 3.05) is 13.2 Å². The summed E-state index contributed by atoms with van der Waals surface area (Å²) >= 11 is 0. The van der Waals surface area contributed by atoms with Crippen LogP contribution in [0.25, 0.3) is 0 Å². The zero-order valence-electron chi connectivity index (χ0n) is 12.5. The molecule has 0 saturated carbocycles. The van der Waals surface area contributed by atoms with Gasteiger partial charge in [0.2, 0.25) is 0 Å². The number of para-hydroxylation sites is 1. The molecule has 2 N–H and O–H groups in total. The number of nitrogens with two attached hydrogens (primary N) is 1. The number of ether oxygens (including phenoxy) is 2. The summed E-state index contributed by atoms with van der Waals surface area (Å²) in [6.07, 6.45) is 4.59. The average Bonchev–Trinajstić information content (AvgIpc) is 2.78. The zero-order valence-corrected chi connectivity index (χ0v) is 12.5.